The second-order valence-corrected chi connectivity index (χ2v) is 4.96. The van der Waals surface area contributed by atoms with Crippen molar-refractivity contribution in [2.24, 2.45) is 0 Å². The average Bonchev–Trinajstić information content (AvgIpc) is 2.73. The van der Waals surface area contributed by atoms with Gasteiger partial charge in [-0.1, -0.05) is 6.07 Å². The van der Waals surface area contributed by atoms with E-state index in [9.17, 15) is 18.0 Å². The predicted molar refractivity (Wildman–Crippen MR) is 68.1 cm³/mol. The standard InChI is InChI=1S/C13H9F3O3S/c1-7-4-11(20-6-7)8-2-3-9(12(17)18)10(5-8)19-13(14,15)16/h2-6H,1H3,(H,17,18). The summed E-state index contributed by atoms with van der Waals surface area (Å²) in [5, 5.41) is 10.7. The lowest BCUT2D eigenvalue weighted by molar-refractivity contribution is -0.274. The molecule has 0 aliphatic rings. The van der Waals surface area contributed by atoms with E-state index >= 15 is 0 Å². The number of ether oxygens (including phenoxy) is 1. The number of rotatable bonds is 3. The van der Waals surface area contributed by atoms with Gasteiger partial charge in [0.25, 0.3) is 0 Å². The first-order valence-electron chi connectivity index (χ1n) is 5.45. The smallest absolute Gasteiger partial charge is 0.478 e. The first-order valence-corrected chi connectivity index (χ1v) is 6.33. The fourth-order valence-electron chi connectivity index (χ4n) is 1.64. The Morgan fingerprint density at radius 2 is 2.00 bits per heavy atom. The molecule has 0 saturated heterocycles. The van der Waals surface area contributed by atoms with Crippen LogP contribution in [0.2, 0.25) is 0 Å². The van der Waals surface area contributed by atoms with Crippen molar-refractivity contribution in [3.8, 4) is 16.2 Å². The van der Waals surface area contributed by atoms with Crippen LogP contribution in [0.1, 0.15) is 15.9 Å². The van der Waals surface area contributed by atoms with Crippen LogP contribution in [0.15, 0.2) is 29.6 Å². The molecule has 0 saturated carbocycles. The molecular formula is C13H9F3O3S. The van der Waals surface area contributed by atoms with Crippen molar-refractivity contribution in [3.63, 3.8) is 0 Å². The summed E-state index contributed by atoms with van der Waals surface area (Å²) in [6, 6.07) is 5.45. The van der Waals surface area contributed by atoms with Gasteiger partial charge >= 0.3 is 12.3 Å². The zero-order chi connectivity index (χ0) is 14.9. The van der Waals surface area contributed by atoms with Crippen LogP contribution < -0.4 is 4.74 Å². The molecule has 0 bridgehead atoms. The van der Waals surface area contributed by atoms with Gasteiger partial charge in [0, 0.05) is 4.88 Å². The van der Waals surface area contributed by atoms with Crippen molar-refractivity contribution >= 4 is 17.3 Å². The Morgan fingerprint density at radius 3 is 2.50 bits per heavy atom. The van der Waals surface area contributed by atoms with Crippen LogP contribution in [-0.4, -0.2) is 17.4 Å². The minimum absolute atomic E-state index is 0.479. The SMILES string of the molecule is Cc1csc(-c2ccc(C(=O)O)c(OC(F)(F)F)c2)c1. The van der Waals surface area contributed by atoms with Crippen LogP contribution in [-0.2, 0) is 0 Å². The average molecular weight is 302 g/mol. The highest BCUT2D eigenvalue weighted by Crippen LogP contribution is 2.34. The summed E-state index contributed by atoms with van der Waals surface area (Å²) in [5.41, 5.74) is 0.928. The van der Waals surface area contributed by atoms with Crippen LogP contribution >= 0.6 is 11.3 Å². The van der Waals surface area contributed by atoms with E-state index in [1.54, 1.807) is 6.07 Å². The van der Waals surface area contributed by atoms with Gasteiger partial charge in [-0.05, 0) is 41.6 Å². The molecule has 2 rings (SSSR count). The largest absolute Gasteiger partial charge is 0.573 e. The van der Waals surface area contributed by atoms with Gasteiger partial charge in [0.15, 0.2) is 0 Å². The van der Waals surface area contributed by atoms with Gasteiger partial charge in [0.1, 0.15) is 11.3 Å². The Balaban J connectivity index is 2.48. The maximum atomic E-state index is 12.3. The van der Waals surface area contributed by atoms with E-state index < -0.39 is 23.6 Å². The van der Waals surface area contributed by atoms with Gasteiger partial charge in [-0.15, -0.1) is 24.5 Å². The van der Waals surface area contributed by atoms with Gasteiger partial charge in [-0.2, -0.15) is 0 Å². The van der Waals surface area contributed by atoms with Gasteiger partial charge in [-0.3, -0.25) is 0 Å². The Bertz CT molecular complexity index is 647. The van der Waals surface area contributed by atoms with Crippen LogP contribution in [0.25, 0.3) is 10.4 Å². The molecule has 0 aliphatic heterocycles. The third kappa shape index (κ3) is 3.30. The van der Waals surface area contributed by atoms with Crippen LogP contribution in [0.3, 0.4) is 0 Å². The second kappa shape index (κ2) is 5.16. The Labute approximate surface area is 116 Å². The van der Waals surface area contributed by atoms with E-state index in [-0.39, 0.29) is 0 Å². The highest BCUT2D eigenvalue weighted by atomic mass is 32.1. The molecule has 1 aromatic carbocycles. The highest BCUT2D eigenvalue weighted by Gasteiger charge is 2.33. The number of alkyl halides is 3. The molecule has 0 radical (unpaired) electrons. The third-order valence-corrected chi connectivity index (χ3v) is 3.55. The van der Waals surface area contributed by atoms with Crippen molar-refractivity contribution in [1.82, 2.24) is 0 Å². The number of benzene rings is 1. The van der Waals surface area contributed by atoms with E-state index in [2.05, 4.69) is 4.74 Å². The summed E-state index contributed by atoms with van der Waals surface area (Å²) >= 11 is 1.36. The molecule has 3 nitrogen and oxygen atoms in total. The molecule has 1 aromatic heterocycles. The number of thiophene rings is 1. The summed E-state index contributed by atoms with van der Waals surface area (Å²) in [4.78, 5) is 11.7. The van der Waals surface area contributed by atoms with E-state index in [1.165, 1.54) is 17.4 Å². The van der Waals surface area contributed by atoms with Gasteiger partial charge < -0.3 is 9.84 Å². The van der Waals surface area contributed by atoms with E-state index in [1.807, 2.05) is 12.3 Å². The number of hydrogen-bond donors (Lipinski definition) is 1. The molecule has 0 amide bonds. The molecule has 0 aliphatic carbocycles. The maximum absolute atomic E-state index is 12.3. The van der Waals surface area contributed by atoms with Crippen LogP contribution in [0.4, 0.5) is 13.2 Å². The number of aryl methyl sites for hydroxylation is 1. The molecule has 0 fully saturated rings. The van der Waals surface area contributed by atoms with Crippen molar-refractivity contribution in [2.45, 2.75) is 13.3 Å². The summed E-state index contributed by atoms with van der Waals surface area (Å²) < 4.78 is 40.7. The third-order valence-electron chi connectivity index (χ3n) is 2.45. The van der Waals surface area contributed by atoms with E-state index in [4.69, 9.17) is 5.11 Å². The quantitative estimate of drug-likeness (QED) is 0.918. The molecular weight excluding hydrogens is 293 g/mol. The summed E-state index contributed by atoms with van der Waals surface area (Å²) in [6.45, 7) is 1.86. The highest BCUT2D eigenvalue weighted by molar-refractivity contribution is 7.13. The molecule has 2 aromatic rings. The number of carboxylic acid groups (broad SMARTS) is 1. The topological polar surface area (TPSA) is 46.5 Å². The second-order valence-electron chi connectivity index (χ2n) is 4.05. The molecule has 0 unspecified atom stereocenters. The summed E-state index contributed by atoms with van der Waals surface area (Å²) in [7, 11) is 0. The molecule has 106 valence electrons. The van der Waals surface area contributed by atoms with Crippen LogP contribution in [0, 0.1) is 6.92 Å². The summed E-state index contributed by atoms with van der Waals surface area (Å²) in [6.07, 6.45) is -4.94. The number of aromatic carboxylic acids is 1. The first kappa shape index (κ1) is 14.4. The van der Waals surface area contributed by atoms with Crippen molar-refractivity contribution in [2.75, 3.05) is 0 Å². The zero-order valence-corrected chi connectivity index (χ0v) is 11.0. The first-order chi connectivity index (χ1) is 9.26. The Morgan fingerprint density at radius 1 is 1.30 bits per heavy atom. The van der Waals surface area contributed by atoms with Crippen molar-refractivity contribution in [1.29, 1.82) is 0 Å². The van der Waals surface area contributed by atoms with Gasteiger partial charge in [-0.25, -0.2) is 4.79 Å². The normalized spacial score (nSPS) is 11.4. The lowest BCUT2D eigenvalue weighted by Crippen LogP contribution is -2.19. The number of carbonyl (C=O) groups is 1. The fourth-order valence-corrected chi connectivity index (χ4v) is 2.54. The Kier molecular flexibility index (Phi) is 3.71. The summed E-state index contributed by atoms with van der Waals surface area (Å²) in [5.74, 6) is -2.19. The minimum atomic E-state index is -4.94. The lowest BCUT2D eigenvalue weighted by Gasteiger charge is -2.12. The molecule has 7 heteroatoms. The predicted octanol–water partition coefficient (Wildman–Crippen LogP) is 4.32. The molecule has 0 atom stereocenters. The maximum Gasteiger partial charge on any atom is 0.573 e. The number of halogens is 3. The van der Waals surface area contributed by atoms with Gasteiger partial charge in [0.2, 0.25) is 0 Å². The van der Waals surface area contributed by atoms with Crippen LogP contribution in [0.5, 0.6) is 5.75 Å². The Hall–Kier alpha value is -2.02. The van der Waals surface area contributed by atoms with Crippen molar-refractivity contribution < 1.29 is 27.8 Å². The van der Waals surface area contributed by atoms with Gasteiger partial charge in [0.05, 0.1) is 0 Å². The van der Waals surface area contributed by atoms with Crippen molar-refractivity contribution in [3.05, 3.63) is 40.8 Å². The zero-order valence-electron chi connectivity index (χ0n) is 10.2. The molecule has 1 N–H and O–H groups in total. The fraction of sp³-hybridized carbons (Fsp3) is 0.154. The lowest BCUT2D eigenvalue weighted by atomic mass is 10.1. The number of carboxylic acids is 1. The molecule has 1 heterocycles. The molecule has 0 spiro atoms. The molecule has 20 heavy (non-hydrogen) atoms. The van der Waals surface area contributed by atoms with E-state index in [0.29, 0.717) is 5.56 Å². The number of hydrogen-bond acceptors (Lipinski definition) is 3. The monoisotopic (exact) mass is 302 g/mol. The minimum Gasteiger partial charge on any atom is -0.478 e. The van der Waals surface area contributed by atoms with E-state index in [0.717, 1.165) is 22.6 Å².